The molecule has 2 aromatic rings. The van der Waals surface area contributed by atoms with Crippen LogP contribution in [-0.2, 0) is 30.9 Å². The molecule has 0 radical (unpaired) electrons. The number of aryl methyl sites for hydroxylation is 1. The lowest BCUT2D eigenvalue weighted by Gasteiger charge is -2.44. The normalized spacial score (nSPS) is 20.7. The molecule has 2 aliphatic rings. The Morgan fingerprint density at radius 3 is 2.54 bits per heavy atom. The zero-order valence-electron chi connectivity index (χ0n) is 21.0. The molecular formula is C28H37N3O4. The molecule has 1 N–H and O–H groups in total. The van der Waals surface area contributed by atoms with Crippen molar-refractivity contribution in [3.63, 3.8) is 0 Å². The predicted molar refractivity (Wildman–Crippen MR) is 134 cm³/mol. The van der Waals surface area contributed by atoms with Gasteiger partial charge in [0.1, 0.15) is 0 Å². The summed E-state index contributed by atoms with van der Waals surface area (Å²) in [6.45, 7) is 6.10. The van der Waals surface area contributed by atoms with Crippen LogP contribution in [0.25, 0.3) is 0 Å². The van der Waals surface area contributed by atoms with Crippen molar-refractivity contribution in [3.05, 3.63) is 65.5 Å². The lowest BCUT2D eigenvalue weighted by atomic mass is 9.71. The molecule has 1 aliphatic heterocycles. The Balaban J connectivity index is 1.52. The van der Waals surface area contributed by atoms with Gasteiger partial charge in [0, 0.05) is 49.8 Å². The highest BCUT2D eigenvalue weighted by Crippen LogP contribution is 2.52. The monoisotopic (exact) mass is 479 g/mol. The highest BCUT2D eigenvalue weighted by Gasteiger charge is 2.54. The van der Waals surface area contributed by atoms with Gasteiger partial charge in [-0.15, -0.1) is 0 Å². The van der Waals surface area contributed by atoms with Crippen molar-refractivity contribution in [1.82, 2.24) is 15.2 Å². The van der Waals surface area contributed by atoms with E-state index in [4.69, 9.17) is 9.47 Å². The van der Waals surface area contributed by atoms with Crippen LogP contribution in [0.1, 0.15) is 56.0 Å². The fourth-order valence-electron chi connectivity index (χ4n) is 5.49. The molecule has 2 atom stereocenters. The maximum absolute atomic E-state index is 13.0. The van der Waals surface area contributed by atoms with E-state index in [0.29, 0.717) is 39.1 Å². The minimum atomic E-state index is -0.253. The fourth-order valence-corrected chi connectivity index (χ4v) is 5.49. The second-order valence-corrected chi connectivity index (χ2v) is 9.87. The van der Waals surface area contributed by atoms with Crippen molar-refractivity contribution < 1.29 is 19.1 Å². The maximum Gasteiger partial charge on any atom is 0.223 e. The fraction of sp³-hybridized carbons (Fsp3) is 0.536. The van der Waals surface area contributed by atoms with E-state index in [-0.39, 0.29) is 35.3 Å². The first-order valence-corrected chi connectivity index (χ1v) is 12.6. The van der Waals surface area contributed by atoms with Gasteiger partial charge in [-0.25, -0.2) is 0 Å². The van der Waals surface area contributed by atoms with Crippen molar-refractivity contribution in [1.29, 1.82) is 0 Å². The molecule has 0 saturated carbocycles. The van der Waals surface area contributed by atoms with E-state index in [2.05, 4.69) is 28.5 Å². The summed E-state index contributed by atoms with van der Waals surface area (Å²) in [5, 5.41) is 3.26. The van der Waals surface area contributed by atoms with Gasteiger partial charge in [-0.05, 0) is 42.5 Å². The lowest BCUT2D eigenvalue weighted by Crippen LogP contribution is -2.52. The number of pyridine rings is 1. The van der Waals surface area contributed by atoms with E-state index in [1.165, 1.54) is 5.56 Å². The Bertz CT molecular complexity index is 1000. The van der Waals surface area contributed by atoms with Gasteiger partial charge in [0.25, 0.3) is 0 Å². The van der Waals surface area contributed by atoms with Gasteiger partial charge in [-0.2, -0.15) is 0 Å². The van der Waals surface area contributed by atoms with Gasteiger partial charge in [0.05, 0.1) is 25.4 Å². The van der Waals surface area contributed by atoms with Gasteiger partial charge in [-0.1, -0.05) is 44.2 Å². The number of ether oxygens (including phenoxy) is 2. The molecule has 0 bridgehead atoms. The number of piperidine rings is 1. The van der Waals surface area contributed by atoms with Crippen molar-refractivity contribution in [2.24, 2.45) is 5.92 Å². The number of amides is 2. The third kappa shape index (κ3) is 5.41. The number of carbonyl (C=O) groups is 2. The summed E-state index contributed by atoms with van der Waals surface area (Å²) in [6, 6.07) is 13.9. The topological polar surface area (TPSA) is 80.8 Å². The van der Waals surface area contributed by atoms with E-state index in [1.54, 1.807) is 13.3 Å². The number of fused-ring (bicyclic) bond motifs is 2. The molecule has 2 amide bonds. The number of benzene rings is 1. The Morgan fingerprint density at radius 1 is 1.11 bits per heavy atom. The summed E-state index contributed by atoms with van der Waals surface area (Å²) in [4.78, 5) is 32.0. The minimum absolute atomic E-state index is 0.0179. The Morgan fingerprint density at radius 2 is 1.86 bits per heavy atom. The van der Waals surface area contributed by atoms with Crippen LogP contribution >= 0.6 is 0 Å². The van der Waals surface area contributed by atoms with Gasteiger partial charge in [0.2, 0.25) is 11.8 Å². The van der Waals surface area contributed by atoms with Crippen molar-refractivity contribution >= 4 is 11.8 Å². The molecule has 1 aromatic heterocycles. The number of likely N-dealkylation sites (tertiary alicyclic amines) is 1. The van der Waals surface area contributed by atoms with Crippen LogP contribution < -0.4 is 5.32 Å². The van der Waals surface area contributed by atoms with E-state index in [0.717, 1.165) is 24.1 Å². The second kappa shape index (κ2) is 11.3. The average molecular weight is 480 g/mol. The van der Waals surface area contributed by atoms with Gasteiger partial charge in [-0.3, -0.25) is 14.6 Å². The number of carbonyl (C=O) groups excluding carboxylic acids is 2. The van der Waals surface area contributed by atoms with E-state index >= 15 is 0 Å². The van der Waals surface area contributed by atoms with Crippen molar-refractivity contribution in [3.8, 4) is 0 Å². The van der Waals surface area contributed by atoms with Gasteiger partial charge < -0.3 is 19.7 Å². The highest BCUT2D eigenvalue weighted by atomic mass is 16.5. The molecule has 7 nitrogen and oxygen atoms in total. The SMILES string of the molecule is COCCO[C@@H]1[C@@H](NC(=O)C(C)C)c2ccccc2C12CCN(C(=O)CCc1ccccn1)CC2. The number of hydrogen-bond donors (Lipinski definition) is 1. The number of aromatic nitrogens is 1. The van der Waals surface area contributed by atoms with Crippen molar-refractivity contribution in [2.45, 2.75) is 57.1 Å². The molecule has 0 unspecified atom stereocenters. The molecule has 1 aliphatic carbocycles. The molecule has 1 spiro atoms. The average Bonchev–Trinajstić information content (AvgIpc) is 3.12. The van der Waals surface area contributed by atoms with Crippen LogP contribution in [-0.4, -0.2) is 61.2 Å². The molecular weight excluding hydrogens is 442 g/mol. The summed E-state index contributed by atoms with van der Waals surface area (Å²) >= 11 is 0. The van der Waals surface area contributed by atoms with Crippen LogP contribution in [0.3, 0.4) is 0 Å². The largest absolute Gasteiger partial charge is 0.382 e. The second-order valence-electron chi connectivity index (χ2n) is 9.87. The van der Waals surface area contributed by atoms with Crippen LogP contribution in [0.5, 0.6) is 0 Å². The molecule has 4 rings (SSSR count). The molecule has 7 heteroatoms. The van der Waals surface area contributed by atoms with E-state index in [9.17, 15) is 9.59 Å². The molecule has 188 valence electrons. The Labute approximate surface area is 208 Å². The first kappa shape index (κ1) is 25.3. The molecule has 1 fully saturated rings. The minimum Gasteiger partial charge on any atom is -0.382 e. The van der Waals surface area contributed by atoms with Crippen molar-refractivity contribution in [2.75, 3.05) is 33.4 Å². The number of hydrogen-bond acceptors (Lipinski definition) is 5. The van der Waals surface area contributed by atoms with Crippen LogP contribution in [0, 0.1) is 5.92 Å². The van der Waals surface area contributed by atoms with Crippen LogP contribution in [0.15, 0.2) is 48.7 Å². The molecule has 1 aromatic carbocycles. The molecule has 2 heterocycles. The molecule has 35 heavy (non-hydrogen) atoms. The first-order chi connectivity index (χ1) is 17.0. The standard InChI is InChI=1S/C28H37N3O4/c1-20(2)27(33)30-25-22-9-4-5-10-23(22)28(26(25)35-19-18-34-3)13-16-31(17-14-28)24(32)12-11-21-8-6-7-15-29-21/h4-10,15,20,25-26H,11-14,16-19H2,1-3H3,(H,30,33)/t25-,26+/m0/s1. The number of nitrogens with zero attached hydrogens (tertiary/aromatic N) is 2. The molecule has 1 saturated heterocycles. The smallest absolute Gasteiger partial charge is 0.223 e. The zero-order chi connectivity index (χ0) is 24.8. The number of rotatable bonds is 9. The first-order valence-electron chi connectivity index (χ1n) is 12.6. The predicted octanol–water partition coefficient (Wildman–Crippen LogP) is 3.43. The Kier molecular flexibility index (Phi) is 8.19. The number of methoxy groups -OCH3 is 1. The zero-order valence-corrected chi connectivity index (χ0v) is 21.0. The maximum atomic E-state index is 13.0. The third-order valence-corrected chi connectivity index (χ3v) is 7.42. The van der Waals surface area contributed by atoms with Crippen LogP contribution in [0.4, 0.5) is 0 Å². The lowest BCUT2D eigenvalue weighted by molar-refractivity contribution is -0.134. The summed E-state index contributed by atoms with van der Waals surface area (Å²) in [5.74, 6) is 0.0690. The van der Waals surface area contributed by atoms with E-state index in [1.807, 2.05) is 43.0 Å². The van der Waals surface area contributed by atoms with Crippen LogP contribution in [0.2, 0.25) is 0 Å². The number of nitrogens with one attached hydrogen (secondary N) is 1. The van der Waals surface area contributed by atoms with Gasteiger partial charge in [0.15, 0.2) is 0 Å². The van der Waals surface area contributed by atoms with Gasteiger partial charge >= 0.3 is 0 Å². The summed E-state index contributed by atoms with van der Waals surface area (Å²) in [5.41, 5.74) is 3.04. The summed E-state index contributed by atoms with van der Waals surface area (Å²) in [7, 11) is 1.66. The van der Waals surface area contributed by atoms with E-state index < -0.39 is 0 Å². The third-order valence-electron chi connectivity index (χ3n) is 7.42. The summed E-state index contributed by atoms with van der Waals surface area (Å²) in [6.07, 6.45) is 4.26. The highest BCUT2D eigenvalue weighted by molar-refractivity contribution is 5.79. The summed E-state index contributed by atoms with van der Waals surface area (Å²) < 4.78 is 11.7. The Hall–Kier alpha value is -2.77. The quantitative estimate of drug-likeness (QED) is 0.558.